The van der Waals surface area contributed by atoms with Gasteiger partial charge in [0.2, 0.25) is 0 Å². The quantitative estimate of drug-likeness (QED) is 0.565. The van der Waals surface area contributed by atoms with E-state index in [1.807, 2.05) is 71.2 Å². The molecular formula is C25H23ClN2O3. The van der Waals surface area contributed by atoms with Crippen LogP contribution in [0.4, 0.5) is 0 Å². The number of ether oxygens (including phenoxy) is 1. The first-order chi connectivity index (χ1) is 14.9. The number of hydrogen-bond acceptors (Lipinski definition) is 3. The molecule has 1 fully saturated rings. The van der Waals surface area contributed by atoms with E-state index in [0.29, 0.717) is 54.3 Å². The van der Waals surface area contributed by atoms with Gasteiger partial charge in [-0.3, -0.25) is 9.59 Å². The molecule has 3 aromatic rings. The fraction of sp³-hybridized carbons (Fsp3) is 0.280. The molecule has 31 heavy (non-hydrogen) atoms. The maximum absolute atomic E-state index is 13.0. The molecular weight excluding hydrogens is 412 g/mol. The first-order valence-electron chi connectivity index (χ1n) is 10.5. The van der Waals surface area contributed by atoms with Crippen molar-refractivity contribution in [2.45, 2.75) is 31.8 Å². The maximum Gasteiger partial charge on any atom is 0.253 e. The fourth-order valence-corrected chi connectivity index (χ4v) is 4.64. The molecule has 0 radical (unpaired) electrons. The van der Waals surface area contributed by atoms with Crippen LogP contribution in [-0.4, -0.2) is 39.8 Å². The highest BCUT2D eigenvalue weighted by molar-refractivity contribution is 6.31. The van der Waals surface area contributed by atoms with Gasteiger partial charge >= 0.3 is 0 Å². The number of piperidine rings is 1. The van der Waals surface area contributed by atoms with Crippen molar-refractivity contribution < 1.29 is 14.3 Å². The number of aromatic nitrogens is 1. The highest BCUT2D eigenvalue weighted by Crippen LogP contribution is 2.41. The van der Waals surface area contributed by atoms with Crippen molar-refractivity contribution in [3.63, 3.8) is 0 Å². The van der Waals surface area contributed by atoms with Crippen molar-refractivity contribution in [1.82, 2.24) is 9.47 Å². The van der Waals surface area contributed by atoms with Gasteiger partial charge in [0.15, 0.2) is 5.78 Å². The van der Waals surface area contributed by atoms with Crippen LogP contribution in [0.25, 0.3) is 5.69 Å². The zero-order valence-electron chi connectivity index (χ0n) is 17.3. The molecule has 0 bridgehead atoms. The third-order valence-corrected chi connectivity index (χ3v) is 6.76. The van der Waals surface area contributed by atoms with Crippen LogP contribution in [0.2, 0.25) is 5.02 Å². The molecule has 6 heteroatoms. The SMILES string of the molecule is Cc1cc2c(cc1Cl)C(=O)CC1(CCN(C(=O)c3ccc(-n4cccc4)cc3)CC1)O2. The zero-order valence-corrected chi connectivity index (χ0v) is 18.1. The molecule has 5 rings (SSSR count). The second-order valence-electron chi connectivity index (χ2n) is 8.41. The summed E-state index contributed by atoms with van der Waals surface area (Å²) in [6.07, 6.45) is 5.53. The number of benzene rings is 2. The number of hydrogen-bond donors (Lipinski definition) is 0. The van der Waals surface area contributed by atoms with Crippen molar-refractivity contribution in [2.75, 3.05) is 13.1 Å². The second-order valence-corrected chi connectivity index (χ2v) is 8.82. The van der Waals surface area contributed by atoms with Gasteiger partial charge in [-0.15, -0.1) is 0 Å². The van der Waals surface area contributed by atoms with E-state index in [9.17, 15) is 9.59 Å². The van der Waals surface area contributed by atoms with Crippen molar-refractivity contribution in [2.24, 2.45) is 0 Å². The first kappa shape index (κ1) is 19.9. The number of fused-ring (bicyclic) bond motifs is 1. The molecule has 5 nitrogen and oxygen atoms in total. The Morgan fingerprint density at radius 2 is 1.74 bits per heavy atom. The molecule has 2 aliphatic rings. The van der Waals surface area contributed by atoms with Crippen LogP contribution >= 0.6 is 11.6 Å². The fourth-order valence-electron chi connectivity index (χ4n) is 4.48. The number of Topliss-reactive ketones (excluding diaryl/α,β-unsaturated/α-hetero) is 1. The summed E-state index contributed by atoms with van der Waals surface area (Å²) in [4.78, 5) is 27.6. The molecule has 1 amide bonds. The smallest absolute Gasteiger partial charge is 0.253 e. The third kappa shape index (κ3) is 3.63. The Balaban J connectivity index is 1.28. The number of amides is 1. The number of likely N-dealkylation sites (tertiary alicyclic amines) is 1. The minimum Gasteiger partial charge on any atom is -0.486 e. The van der Waals surface area contributed by atoms with Crippen LogP contribution in [0.3, 0.4) is 0 Å². The molecule has 0 atom stereocenters. The lowest BCUT2D eigenvalue weighted by Crippen LogP contribution is -2.52. The van der Waals surface area contributed by atoms with Crippen LogP contribution in [-0.2, 0) is 0 Å². The summed E-state index contributed by atoms with van der Waals surface area (Å²) >= 11 is 6.19. The third-order valence-electron chi connectivity index (χ3n) is 6.35. The van der Waals surface area contributed by atoms with E-state index in [1.54, 1.807) is 6.07 Å². The predicted octanol–water partition coefficient (Wildman–Crippen LogP) is 5.08. The minimum atomic E-state index is -0.542. The van der Waals surface area contributed by atoms with E-state index in [1.165, 1.54) is 0 Å². The van der Waals surface area contributed by atoms with Crippen molar-refractivity contribution in [3.8, 4) is 11.4 Å². The Bertz CT molecular complexity index is 1140. The number of halogens is 1. The Morgan fingerprint density at radius 3 is 2.42 bits per heavy atom. The summed E-state index contributed by atoms with van der Waals surface area (Å²) in [5, 5.41) is 0.579. The monoisotopic (exact) mass is 434 g/mol. The lowest BCUT2D eigenvalue weighted by molar-refractivity contribution is -0.00573. The van der Waals surface area contributed by atoms with Crippen LogP contribution in [0.15, 0.2) is 60.9 Å². The largest absolute Gasteiger partial charge is 0.486 e. The van der Waals surface area contributed by atoms with Crippen molar-refractivity contribution in [3.05, 3.63) is 82.6 Å². The first-order valence-corrected chi connectivity index (χ1v) is 10.9. The van der Waals surface area contributed by atoms with E-state index >= 15 is 0 Å². The predicted molar refractivity (Wildman–Crippen MR) is 119 cm³/mol. The summed E-state index contributed by atoms with van der Waals surface area (Å²) in [7, 11) is 0. The highest BCUT2D eigenvalue weighted by Gasteiger charge is 2.44. The van der Waals surface area contributed by atoms with Gasteiger partial charge in [-0.25, -0.2) is 0 Å². The molecule has 158 valence electrons. The Hall–Kier alpha value is -3.05. The summed E-state index contributed by atoms with van der Waals surface area (Å²) in [6, 6.07) is 15.1. The van der Waals surface area contributed by atoms with Crippen molar-refractivity contribution in [1.29, 1.82) is 0 Å². The summed E-state index contributed by atoms with van der Waals surface area (Å²) in [5.74, 6) is 0.682. The maximum atomic E-state index is 13.0. The van der Waals surface area contributed by atoms with Crippen LogP contribution < -0.4 is 4.74 Å². The van der Waals surface area contributed by atoms with Gasteiger partial charge < -0.3 is 14.2 Å². The van der Waals surface area contributed by atoms with E-state index < -0.39 is 5.60 Å². The second kappa shape index (κ2) is 7.57. The molecule has 0 saturated carbocycles. The Morgan fingerprint density at radius 1 is 1.06 bits per heavy atom. The number of ketones is 1. The van der Waals surface area contributed by atoms with E-state index in [4.69, 9.17) is 16.3 Å². The van der Waals surface area contributed by atoms with E-state index in [0.717, 1.165) is 11.3 Å². The van der Waals surface area contributed by atoms with Gasteiger partial charge in [0.05, 0.1) is 12.0 Å². The van der Waals surface area contributed by atoms with Gasteiger partial charge in [0, 0.05) is 54.6 Å². The molecule has 0 aliphatic carbocycles. The average Bonchev–Trinajstić information content (AvgIpc) is 3.31. The van der Waals surface area contributed by atoms with Gasteiger partial charge in [0.25, 0.3) is 5.91 Å². The van der Waals surface area contributed by atoms with Gasteiger partial charge in [-0.05, 0) is 61.0 Å². The lowest BCUT2D eigenvalue weighted by Gasteiger charge is -2.44. The number of carbonyl (C=O) groups excluding carboxylic acids is 2. The number of rotatable bonds is 2. The normalized spacial score (nSPS) is 17.4. The summed E-state index contributed by atoms with van der Waals surface area (Å²) < 4.78 is 8.34. The topological polar surface area (TPSA) is 51.5 Å². The van der Waals surface area contributed by atoms with Gasteiger partial charge in [-0.1, -0.05) is 11.6 Å². The van der Waals surface area contributed by atoms with Crippen LogP contribution in [0, 0.1) is 6.92 Å². The van der Waals surface area contributed by atoms with Crippen LogP contribution in [0.5, 0.6) is 5.75 Å². The standard InChI is InChI=1S/C25H23ClN2O3/c1-17-14-23-20(15-21(17)26)22(29)16-25(31-23)8-12-28(13-9-25)24(30)18-4-6-19(7-5-18)27-10-2-3-11-27/h2-7,10-11,14-15H,8-9,12-13,16H2,1H3. The number of aryl methyl sites for hydroxylation is 1. The summed E-state index contributed by atoms with van der Waals surface area (Å²) in [6.45, 7) is 3.03. The van der Waals surface area contributed by atoms with Crippen molar-refractivity contribution >= 4 is 23.3 Å². The Labute approximate surface area is 186 Å². The molecule has 2 aromatic carbocycles. The molecule has 3 heterocycles. The van der Waals surface area contributed by atoms with Crippen LogP contribution in [0.1, 0.15) is 45.5 Å². The lowest BCUT2D eigenvalue weighted by atomic mass is 9.82. The zero-order chi connectivity index (χ0) is 21.6. The highest BCUT2D eigenvalue weighted by atomic mass is 35.5. The molecule has 0 N–H and O–H groups in total. The van der Waals surface area contributed by atoms with Gasteiger partial charge in [0.1, 0.15) is 11.4 Å². The molecule has 1 saturated heterocycles. The number of carbonyl (C=O) groups is 2. The number of nitrogens with zero attached hydrogens (tertiary/aromatic N) is 2. The molecule has 1 spiro atoms. The Kier molecular flexibility index (Phi) is 4.86. The van der Waals surface area contributed by atoms with E-state index in [2.05, 4.69) is 0 Å². The van der Waals surface area contributed by atoms with Gasteiger partial charge in [-0.2, -0.15) is 0 Å². The minimum absolute atomic E-state index is 0.0130. The average molecular weight is 435 g/mol. The van der Waals surface area contributed by atoms with E-state index in [-0.39, 0.29) is 11.7 Å². The molecule has 1 aromatic heterocycles. The molecule has 0 unspecified atom stereocenters. The molecule has 2 aliphatic heterocycles. The summed E-state index contributed by atoms with van der Waals surface area (Å²) in [5.41, 5.74) is 2.59.